The van der Waals surface area contributed by atoms with Crippen molar-refractivity contribution in [2.75, 3.05) is 51.7 Å². The van der Waals surface area contributed by atoms with Gasteiger partial charge >= 0.3 is 12.1 Å². The molecule has 0 bridgehead atoms. The summed E-state index contributed by atoms with van der Waals surface area (Å²) in [5.74, 6) is -0.222. The normalized spacial score (nSPS) is 18.0. The van der Waals surface area contributed by atoms with Crippen LogP contribution < -0.4 is 15.4 Å². The van der Waals surface area contributed by atoms with E-state index in [9.17, 15) is 23.6 Å². The van der Waals surface area contributed by atoms with Crippen LogP contribution in [0.4, 0.5) is 19.7 Å². The number of benzene rings is 2. The van der Waals surface area contributed by atoms with Crippen molar-refractivity contribution >= 4 is 46.7 Å². The standard InChI is InChI=1S/C33H40ClFN6O5/c1-4-29(42)36-17-21(2)41-19-23(26-6-5-7-27(35)31(26)34)18-39(33(41)45)20-30(43)38-13-11-24(12-14-38)40-15-10-22-16-25(46-3)8-9-28(22)37-32(40)44/h5-9,16,18,21,24H,4,10-15,17,19-20H2,1-3H3,(H,36,42)(H,37,44)/t21-/m0/s1. The van der Waals surface area contributed by atoms with Crippen molar-refractivity contribution in [2.45, 2.75) is 51.6 Å². The zero-order chi connectivity index (χ0) is 33.0. The number of hydrogen-bond acceptors (Lipinski definition) is 5. The number of likely N-dealkylation sites (tertiary alicyclic amines) is 1. The lowest BCUT2D eigenvalue weighted by molar-refractivity contribution is -0.132. The SMILES string of the molecule is CCC(=O)NC[C@H](C)N1CC(c2cccc(F)c2Cl)=CN(CC(=O)N2CCC(N3CCc4cc(OC)ccc4NC3=O)CC2)C1=O. The molecule has 0 aromatic heterocycles. The number of piperidine rings is 1. The number of halogens is 2. The van der Waals surface area contributed by atoms with Crippen molar-refractivity contribution in [2.24, 2.45) is 0 Å². The molecule has 3 aliphatic rings. The van der Waals surface area contributed by atoms with E-state index in [-0.39, 0.29) is 48.5 Å². The van der Waals surface area contributed by atoms with Gasteiger partial charge in [-0.05, 0) is 61.6 Å². The number of methoxy groups -OCH3 is 1. The molecule has 1 fully saturated rings. The van der Waals surface area contributed by atoms with Crippen molar-refractivity contribution in [1.82, 2.24) is 24.9 Å². The van der Waals surface area contributed by atoms with E-state index in [4.69, 9.17) is 16.3 Å². The van der Waals surface area contributed by atoms with Gasteiger partial charge in [0.1, 0.15) is 18.1 Å². The highest BCUT2D eigenvalue weighted by Crippen LogP contribution is 2.31. The summed E-state index contributed by atoms with van der Waals surface area (Å²) in [5, 5.41) is 5.75. The highest BCUT2D eigenvalue weighted by Gasteiger charge is 2.35. The molecule has 2 N–H and O–H groups in total. The molecule has 3 aliphatic heterocycles. The Bertz CT molecular complexity index is 1530. The maximum atomic E-state index is 14.4. The van der Waals surface area contributed by atoms with Crippen molar-refractivity contribution in [3.05, 3.63) is 64.6 Å². The second-order valence-corrected chi connectivity index (χ2v) is 12.2. The molecule has 0 saturated carbocycles. The van der Waals surface area contributed by atoms with Crippen molar-refractivity contribution < 1.29 is 28.3 Å². The fourth-order valence-corrected chi connectivity index (χ4v) is 6.38. The fraction of sp³-hybridized carbons (Fsp3) is 0.455. The fourth-order valence-electron chi connectivity index (χ4n) is 6.14. The first-order chi connectivity index (χ1) is 22.1. The molecule has 11 nitrogen and oxygen atoms in total. The van der Waals surface area contributed by atoms with Crippen LogP contribution >= 0.6 is 11.6 Å². The molecule has 246 valence electrons. The largest absolute Gasteiger partial charge is 0.497 e. The molecule has 3 heterocycles. The van der Waals surface area contributed by atoms with Gasteiger partial charge in [0.2, 0.25) is 11.8 Å². The topological polar surface area (TPSA) is 115 Å². The van der Waals surface area contributed by atoms with Crippen molar-refractivity contribution in [3.8, 4) is 5.75 Å². The molecule has 0 spiro atoms. The van der Waals surface area contributed by atoms with Crippen LogP contribution in [-0.2, 0) is 16.0 Å². The Balaban J connectivity index is 1.25. The molecule has 1 saturated heterocycles. The minimum absolute atomic E-state index is 0.0341. The lowest BCUT2D eigenvalue weighted by Crippen LogP contribution is -2.55. The maximum absolute atomic E-state index is 14.4. The third-order valence-electron chi connectivity index (χ3n) is 8.89. The monoisotopic (exact) mass is 654 g/mol. The van der Waals surface area contributed by atoms with Crippen LogP contribution in [0, 0.1) is 5.82 Å². The maximum Gasteiger partial charge on any atom is 0.325 e. The third kappa shape index (κ3) is 7.22. The van der Waals surface area contributed by atoms with Crippen LogP contribution in [0.15, 0.2) is 42.6 Å². The molecule has 13 heteroatoms. The van der Waals surface area contributed by atoms with E-state index in [1.807, 2.05) is 30.0 Å². The number of ether oxygens (including phenoxy) is 1. The number of amides is 6. The molecule has 0 radical (unpaired) electrons. The lowest BCUT2D eigenvalue weighted by Gasteiger charge is -2.40. The van der Waals surface area contributed by atoms with Gasteiger partial charge < -0.3 is 30.1 Å². The Morgan fingerprint density at radius 3 is 2.63 bits per heavy atom. The molecule has 0 unspecified atom stereocenters. The first-order valence-electron chi connectivity index (χ1n) is 15.6. The Kier molecular flexibility index (Phi) is 10.4. The van der Waals surface area contributed by atoms with Gasteiger partial charge in [-0.1, -0.05) is 30.7 Å². The van der Waals surface area contributed by atoms with Crippen molar-refractivity contribution in [1.29, 1.82) is 0 Å². The number of carbonyl (C=O) groups is 4. The Hall–Kier alpha value is -4.32. The van der Waals surface area contributed by atoms with Crippen LogP contribution in [0.1, 0.15) is 44.2 Å². The Morgan fingerprint density at radius 1 is 1.15 bits per heavy atom. The van der Waals surface area contributed by atoms with Gasteiger partial charge in [-0.2, -0.15) is 0 Å². The molecule has 46 heavy (non-hydrogen) atoms. The average molecular weight is 655 g/mol. The Labute approximate surface area is 273 Å². The van der Waals surface area contributed by atoms with Gasteiger partial charge in [0, 0.05) is 68.7 Å². The van der Waals surface area contributed by atoms with E-state index in [1.54, 1.807) is 42.2 Å². The first-order valence-corrected chi connectivity index (χ1v) is 16.0. The minimum atomic E-state index is -0.584. The summed E-state index contributed by atoms with van der Waals surface area (Å²) in [6, 6.07) is 9.10. The van der Waals surface area contributed by atoms with Crippen LogP contribution in [0.2, 0.25) is 5.02 Å². The van der Waals surface area contributed by atoms with Gasteiger partial charge in [-0.3, -0.25) is 14.5 Å². The van der Waals surface area contributed by atoms with Crippen LogP contribution in [0.3, 0.4) is 0 Å². The Morgan fingerprint density at radius 2 is 1.91 bits per heavy atom. The predicted octanol–water partition coefficient (Wildman–Crippen LogP) is 4.56. The van der Waals surface area contributed by atoms with Gasteiger partial charge in [0.25, 0.3) is 0 Å². The summed E-state index contributed by atoms with van der Waals surface area (Å²) in [6.07, 6.45) is 3.77. The quantitative estimate of drug-likeness (QED) is 0.412. The number of nitrogens with zero attached hydrogens (tertiary/aromatic N) is 4. The molecule has 0 aliphatic carbocycles. The van der Waals surface area contributed by atoms with Crippen LogP contribution in [0.25, 0.3) is 5.57 Å². The number of hydrogen-bond donors (Lipinski definition) is 2. The second-order valence-electron chi connectivity index (χ2n) is 11.8. The van der Waals surface area contributed by atoms with E-state index in [2.05, 4.69) is 10.6 Å². The van der Waals surface area contributed by atoms with Gasteiger partial charge in [-0.15, -0.1) is 0 Å². The number of carbonyl (C=O) groups excluding carboxylic acids is 4. The highest BCUT2D eigenvalue weighted by atomic mass is 35.5. The third-order valence-corrected chi connectivity index (χ3v) is 9.27. The van der Waals surface area contributed by atoms with Gasteiger partial charge in [0.05, 0.1) is 12.1 Å². The molecular formula is C33H40ClFN6O5. The summed E-state index contributed by atoms with van der Waals surface area (Å²) in [4.78, 5) is 58.7. The number of rotatable bonds is 9. The van der Waals surface area contributed by atoms with E-state index < -0.39 is 17.9 Å². The van der Waals surface area contributed by atoms with Crippen LogP contribution in [0.5, 0.6) is 5.75 Å². The number of anilines is 1. The van der Waals surface area contributed by atoms with Crippen LogP contribution in [-0.4, -0.2) is 102 Å². The number of urea groups is 2. The zero-order valence-corrected chi connectivity index (χ0v) is 27.1. The summed E-state index contributed by atoms with van der Waals surface area (Å²) < 4.78 is 19.7. The van der Waals surface area contributed by atoms with E-state index in [1.165, 1.54) is 11.0 Å². The predicted molar refractivity (Wildman–Crippen MR) is 173 cm³/mol. The lowest BCUT2D eigenvalue weighted by atomic mass is 10.0. The van der Waals surface area contributed by atoms with E-state index in [0.29, 0.717) is 56.5 Å². The highest BCUT2D eigenvalue weighted by molar-refractivity contribution is 6.32. The minimum Gasteiger partial charge on any atom is -0.497 e. The zero-order valence-electron chi connectivity index (χ0n) is 26.4. The van der Waals surface area contributed by atoms with Crippen molar-refractivity contribution in [3.63, 3.8) is 0 Å². The van der Waals surface area contributed by atoms with E-state index >= 15 is 0 Å². The summed E-state index contributed by atoms with van der Waals surface area (Å²) >= 11 is 6.32. The molecule has 1 atom stereocenters. The van der Waals surface area contributed by atoms with Gasteiger partial charge in [-0.25, -0.2) is 14.0 Å². The second kappa shape index (κ2) is 14.4. The molecule has 5 rings (SSSR count). The average Bonchev–Trinajstić information content (AvgIpc) is 3.23. The molecule has 6 amide bonds. The van der Waals surface area contributed by atoms with Gasteiger partial charge in [0.15, 0.2) is 0 Å². The molecular weight excluding hydrogens is 615 g/mol. The summed E-state index contributed by atoms with van der Waals surface area (Å²) in [7, 11) is 1.61. The number of fused-ring (bicyclic) bond motifs is 1. The number of nitrogens with one attached hydrogen (secondary N) is 2. The smallest absolute Gasteiger partial charge is 0.325 e. The molecule has 2 aromatic rings. The summed E-state index contributed by atoms with van der Waals surface area (Å²) in [5.41, 5.74) is 2.79. The molecule has 2 aromatic carbocycles. The first kappa shape index (κ1) is 33.1. The van der Waals surface area contributed by atoms with E-state index in [0.717, 1.165) is 17.0 Å². The summed E-state index contributed by atoms with van der Waals surface area (Å²) in [6.45, 7) is 5.12.